The lowest BCUT2D eigenvalue weighted by molar-refractivity contribution is -0.154. The Balaban J connectivity index is 1.26. The zero-order valence-corrected chi connectivity index (χ0v) is 19.4. The summed E-state index contributed by atoms with van der Waals surface area (Å²) in [5, 5.41) is 0. The van der Waals surface area contributed by atoms with Gasteiger partial charge in [-0.25, -0.2) is 4.79 Å². The Hall–Kier alpha value is -3.73. The number of nitrogens with zero attached hydrogens (tertiary/aromatic N) is 1. The fraction of sp³-hybridized carbons (Fsp3) is 0.300. The third-order valence-electron chi connectivity index (χ3n) is 8.00. The number of ether oxygens (including phenoxy) is 1. The Bertz CT molecular complexity index is 1230. The molecule has 5 heteroatoms. The third-order valence-corrected chi connectivity index (χ3v) is 8.00. The normalized spacial score (nSPS) is 25.5. The summed E-state index contributed by atoms with van der Waals surface area (Å²) in [6.45, 7) is 0. The molecule has 3 fully saturated rings. The standard InChI is InChI=1S/C30H27NO4/c32-28-26-22-11-12-23(18-22)27(26)29(33)31(28)25(17-19-7-3-1-4-8-19)30(34)35-24-15-13-21(14-16-24)20-9-5-2-6-10-20/h1-10,13-16,22-23,25-27H,11-12,17-18H2/t22-,23+,25-,26+,27+/m1/s1. The molecular formula is C30H27NO4. The van der Waals surface area contributed by atoms with Crippen molar-refractivity contribution in [1.82, 2.24) is 4.90 Å². The lowest BCUT2D eigenvalue weighted by atomic mass is 9.81. The number of carbonyl (C=O) groups is 3. The van der Waals surface area contributed by atoms with Gasteiger partial charge in [0.1, 0.15) is 11.8 Å². The van der Waals surface area contributed by atoms with Gasteiger partial charge < -0.3 is 4.74 Å². The van der Waals surface area contributed by atoms with Gasteiger partial charge in [0.05, 0.1) is 11.8 Å². The van der Waals surface area contributed by atoms with Crippen LogP contribution < -0.4 is 4.74 Å². The number of rotatable bonds is 6. The summed E-state index contributed by atoms with van der Waals surface area (Å²) in [6.07, 6.45) is 3.21. The highest BCUT2D eigenvalue weighted by atomic mass is 16.5. The molecule has 3 aromatic rings. The summed E-state index contributed by atoms with van der Waals surface area (Å²) < 4.78 is 5.76. The maximum atomic E-state index is 13.5. The zero-order valence-electron chi connectivity index (χ0n) is 19.4. The van der Waals surface area contributed by atoms with E-state index in [2.05, 4.69) is 0 Å². The van der Waals surface area contributed by atoms with Gasteiger partial charge in [-0.2, -0.15) is 0 Å². The minimum atomic E-state index is -0.976. The third kappa shape index (κ3) is 3.85. The molecule has 1 heterocycles. The average molecular weight is 466 g/mol. The van der Waals surface area contributed by atoms with Gasteiger partial charge in [0.2, 0.25) is 11.8 Å². The Morgan fingerprint density at radius 2 is 1.31 bits per heavy atom. The molecule has 35 heavy (non-hydrogen) atoms. The van der Waals surface area contributed by atoms with Crippen LogP contribution in [0, 0.1) is 23.7 Å². The maximum Gasteiger partial charge on any atom is 0.335 e. The lowest BCUT2D eigenvalue weighted by Crippen LogP contribution is -2.49. The van der Waals surface area contributed by atoms with E-state index in [1.165, 1.54) is 4.90 Å². The molecule has 2 aliphatic carbocycles. The second-order valence-electron chi connectivity index (χ2n) is 9.95. The summed E-state index contributed by atoms with van der Waals surface area (Å²) in [7, 11) is 0. The summed E-state index contributed by atoms with van der Waals surface area (Å²) in [5.74, 6) is -0.554. The van der Waals surface area contributed by atoms with E-state index < -0.39 is 12.0 Å². The second kappa shape index (κ2) is 8.81. The number of likely N-dealkylation sites (tertiary alicyclic amines) is 1. The second-order valence-corrected chi connectivity index (χ2v) is 9.95. The van der Waals surface area contributed by atoms with Crippen LogP contribution in [0.2, 0.25) is 0 Å². The topological polar surface area (TPSA) is 63.7 Å². The summed E-state index contributed by atoms with van der Waals surface area (Å²) >= 11 is 0. The molecule has 5 nitrogen and oxygen atoms in total. The number of carbonyl (C=O) groups excluding carboxylic acids is 3. The van der Waals surface area contributed by atoms with Crippen LogP contribution in [0.4, 0.5) is 0 Å². The van der Waals surface area contributed by atoms with Gasteiger partial charge in [0, 0.05) is 6.42 Å². The average Bonchev–Trinajstić information content (AvgIpc) is 3.58. The first-order valence-corrected chi connectivity index (χ1v) is 12.4. The fourth-order valence-corrected chi connectivity index (χ4v) is 6.39. The molecule has 2 bridgehead atoms. The van der Waals surface area contributed by atoms with E-state index in [-0.39, 0.29) is 41.9 Å². The van der Waals surface area contributed by atoms with Crippen LogP contribution in [0.3, 0.4) is 0 Å². The first-order valence-electron chi connectivity index (χ1n) is 12.4. The van der Waals surface area contributed by atoms with Crippen molar-refractivity contribution < 1.29 is 19.1 Å². The van der Waals surface area contributed by atoms with Crippen molar-refractivity contribution in [3.05, 3.63) is 90.5 Å². The molecule has 3 aromatic carbocycles. The van der Waals surface area contributed by atoms with Crippen molar-refractivity contribution >= 4 is 17.8 Å². The van der Waals surface area contributed by atoms with Gasteiger partial charge in [-0.15, -0.1) is 0 Å². The molecule has 1 saturated heterocycles. The van der Waals surface area contributed by atoms with Gasteiger partial charge in [-0.05, 0) is 59.9 Å². The minimum absolute atomic E-state index is 0.190. The maximum absolute atomic E-state index is 13.5. The smallest absolute Gasteiger partial charge is 0.335 e. The molecule has 2 amide bonds. The number of benzene rings is 3. The van der Waals surface area contributed by atoms with Gasteiger partial charge in [-0.1, -0.05) is 72.8 Å². The summed E-state index contributed by atoms with van der Waals surface area (Å²) in [4.78, 5) is 41.7. The molecule has 1 aliphatic heterocycles. The first kappa shape index (κ1) is 21.8. The largest absolute Gasteiger partial charge is 0.425 e. The van der Waals surface area contributed by atoms with Crippen molar-refractivity contribution in [2.45, 2.75) is 31.7 Å². The molecule has 0 radical (unpaired) electrons. The van der Waals surface area contributed by atoms with Gasteiger partial charge >= 0.3 is 5.97 Å². The fourth-order valence-electron chi connectivity index (χ4n) is 6.39. The van der Waals surface area contributed by atoms with E-state index in [9.17, 15) is 14.4 Å². The molecular weight excluding hydrogens is 438 g/mol. The Labute approximate surface area is 204 Å². The van der Waals surface area contributed by atoms with Crippen LogP contribution in [0.15, 0.2) is 84.9 Å². The highest BCUT2D eigenvalue weighted by Gasteiger charge is 2.62. The van der Waals surface area contributed by atoms with E-state index in [0.29, 0.717) is 5.75 Å². The Morgan fingerprint density at radius 3 is 1.91 bits per heavy atom. The van der Waals surface area contributed by atoms with Crippen molar-refractivity contribution in [1.29, 1.82) is 0 Å². The van der Waals surface area contributed by atoms with Gasteiger partial charge in [0.15, 0.2) is 0 Å². The highest BCUT2D eigenvalue weighted by molar-refractivity contribution is 6.08. The van der Waals surface area contributed by atoms with E-state index in [4.69, 9.17) is 4.74 Å². The molecule has 0 unspecified atom stereocenters. The van der Waals surface area contributed by atoms with Crippen LogP contribution in [-0.4, -0.2) is 28.7 Å². The molecule has 176 valence electrons. The lowest BCUT2D eigenvalue weighted by Gasteiger charge is -2.26. The summed E-state index contributed by atoms with van der Waals surface area (Å²) in [6, 6.07) is 25.8. The molecule has 5 atom stereocenters. The molecule has 0 aromatic heterocycles. The molecule has 3 aliphatic rings. The van der Waals surface area contributed by atoms with Crippen LogP contribution in [-0.2, 0) is 20.8 Å². The van der Waals surface area contributed by atoms with Crippen LogP contribution in [0.1, 0.15) is 24.8 Å². The van der Waals surface area contributed by atoms with Crippen LogP contribution in [0.5, 0.6) is 5.75 Å². The monoisotopic (exact) mass is 465 g/mol. The number of esters is 1. The summed E-state index contributed by atoms with van der Waals surface area (Å²) in [5.41, 5.74) is 2.97. The van der Waals surface area contributed by atoms with E-state index in [1.54, 1.807) is 12.1 Å². The van der Waals surface area contributed by atoms with Crippen molar-refractivity contribution in [3.63, 3.8) is 0 Å². The number of hydrogen-bond donors (Lipinski definition) is 0. The van der Waals surface area contributed by atoms with E-state index in [0.717, 1.165) is 36.0 Å². The molecule has 6 rings (SSSR count). The first-order chi connectivity index (χ1) is 17.1. The Kier molecular flexibility index (Phi) is 5.48. The molecule has 2 saturated carbocycles. The predicted molar refractivity (Wildman–Crippen MR) is 131 cm³/mol. The van der Waals surface area contributed by atoms with E-state index >= 15 is 0 Å². The quantitative estimate of drug-likeness (QED) is 0.295. The zero-order chi connectivity index (χ0) is 23.9. The number of fused-ring (bicyclic) bond motifs is 5. The number of imide groups is 1. The van der Waals surface area contributed by atoms with E-state index in [1.807, 2.05) is 72.8 Å². The van der Waals surface area contributed by atoms with Gasteiger partial charge in [-0.3, -0.25) is 14.5 Å². The molecule has 0 spiro atoms. The Morgan fingerprint density at radius 1 is 0.771 bits per heavy atom. The highest BCUT2D eigenvalue weighted by Crippen LogP contribution is 2.56. The van der Waals surface area contributed by atoms with Crippen LogP contribution >= 0.6 is 0 Å². The van der Waals surface area contributed by atoms with Gasteiger partial charge in [0.25, 0.3) is 0 Å². The molecule has 0 N–H and O–H groups in total. The predicted octanol–water partition coefficient (Wildman–Crippen LogP) is 4.90. The number of amides is 2. The van der Waals surface area contributed by atoms with Crippen LogP contribution in [0.25, 0.3) is 11.1 Å². The van der Waals surface area contributed by atoms with Crippen molar-refractivity contribution in [2.75, 3.05) is 0 Å². The van der Waals surface area contributed by atoms with Crippen molar-refractivity contribution in [3.8, 4) is 16.9 Å². The number of hydrogen-bond acceptors (Lipinski definition) is 4. The minimum Gasteiger partial charge on any atom is -0.425 e. The van der Waals surface area contributed by atoms with Crippen molar-refractivity contribution in [2.24, 2.45) is 23.7 Å². The SMILES string of the molecule is O=C(Oc1ccc(-c2ccccc2)cc1)[C@@H](Cc1ccccc1)N1C(=O)[C@H]2[C@@H]3CC[C@@H](C3)[C@@H]2C1=O.